The van der Waals surface area contributed by atoms with Gasteiger partial charge in [-0.05, 0) is 6.92 Å². The molecule has 0 unspecified atom stereocenters. The summed E-state index contributed by atoms with van der Waals surface area (Å²) in [6.45, 7) is 1.70. The SMILES string of the molecule is Cc1cc(Oc2cc(C(=O)O)c([N+](=O)[O-])cc2F)n(C)n1. The maximum atomic E-state index is 13.8. The number of ether oxygens (including phenoxy) is 1. The fourth-order valence-electron chi connectivity index (χ4n) is 1.74. The third kappa shape index (κ3) is 2.81. The Balaban J connectivity index is 2.50. The van der Waals surface area contributed by atoms with Crippen LogP contribution in [0.25, 0.3) is 0 Å². The van der Waals surface area contributed by atoms with Crippen LogP contribution in [0.15, 0.2) is 18.2 Å². The highest BCUT2D eigenvalue weighted by Gasteiger charge is 2.24. The molecule has 0 aliphatic carbocycles. The van der Waals surface area contributed by atoms with Crippen molar-refractivity contribution in [3.63, 3.8) is 0 Å². The Labute approximate surface area is 117 Å². The molecule has 0 amide bonds. The molecule has 1 aromatic heterocycles. The van der Waals surface area contributed by atoms with Gasteiger partial charge in [0.1, 0.15) is 5.56 Å². The zero-order valence-electron chi connectivity index (χ0n) is 11.0. The smallest absolute Gasteiger partial charge is 0.342 e. The second kappa shape index (κ2) is 5.19. The van der Waals surface area contributed by atoms with Crippen molar-refractivity contribution in [1.29, 1.82) is 0 Å². The minimum absolute atomic E-state index is 0.177. The molecule has 21 heavy (non-hydrogen) atoms. The van der Waals surface area contributed by atoms with Crippen molar-refractivity contribution in [2.45, 2.75) is 6.92 Å². The van der Waals surface area contributed by atoms with E-state index < -0.39 is 33.7 Å². The van der Waals surface area contributed by atoms with E-state index in [1.807, 2.05) is 0 Å². The average molecular weight is 295 g/mol. The van der Waals surface area contributed by atoms with Gasteiger partial charge in [-0.15, -0.1) is 0 Å². The molecular weight excluding hydrogens is 285 g/mol. The third-order valence-electron chi connectivity index (χ3n) is 2.65. The van der Waals surface area contributed by atoms with Crippen LogP contribution >= 0.6 is 0 Å². The van der Waals surface area contributed by atoms with Crippen molar-refractivity contribution >= 4 is 11.7 Å². The Bertz CT molecular complexity index is 741. The number of nitro benzene ring substituents is 1. The van der Waals surface area contributed by atoms with E-state index >= 15 is 0 Å². The number of carboxylic acids is 1. The first kappa shape index (κ1) is 14.4. The summed E-state index contributed by atoms with van der Waals surface area (Å²) in [6.07, 6.45) is 0. The number of hydrogen-bond donors (Lipinski definition) is 1. The van der Waals surface area contributed by atoms with E-state index in [9.17, 15) is 19.3 Å². The lowest BCUT2D eigenvalue weighted by molar-refractivity contribution is -0.385. The Morgan fingerprint density at radius 3 is 2.62 bits per heavy atom. The number of nitrogens with zero attached hydrogens (tertiary/aromatic N) is 3. The van der Waals surface area contributed by atoms with E-state index in [1.165, 1.54) is 10.7 Å². The molecule has 1 N–H and O–H groups in total. The highest BCUT2D eigenvalue weighted by atomic mass is 19.1. The fraction of sp³-hybridized carbons (Fsp3) is 0.167. The number of carbonyl (C=O) groups is 1. The van der Waals surface area contributed by atoms with Gasteiger partial charge in [-0.1, -0.05) is 0 Å². The Kier molecular flexibility index (Phi) is 3.57. The van der Waals surface area contributed by atoms with Gasteiger partial charge in [-0.2, -0.15) is 5.10 Å². The molecule has 0 saturated heterocycles. The van der Waals surface area contributed by atoms with E-state index in [4.69, 9.17) is 9.84 Å². The summed E-state index contributed by atoms with van der Waals surface area (Å²) in [6, 6.07) is 2.81. The molecule has 8 nitrogen and oxygen atoms in total. The summed E-state index contributed by atoms with van der Waals surface area (Å²) < 4.78 is 20.4. The van der Waals surface area contributed by atoms with Gasteiger partial charge in [0.25, 0.3) is 5.69 Å². The first-order valence-corrected chi connectivity index (χ1v) is 5.69. The predicted octanol–water partition coefficient (Wildman–Crippen LogP) is 2.27. The monoisotopic (exact) mass is 295 g/mol. The van der Waals surface area contributed by atoms with Crippen molar-refractivity contribution < 1.29 is 24.0 Å². The quantitative estimate of drug-likeness (QED) is 0.684. The molecule has 0 aliphatic rings. The van der Waals surface area contributed by atoms with Gasteiger partial charge < -0.3 is 9.84 Å². The first-order chi connectivity index (χ1) is 9.79. The predicted molar refractivity (Wildman–Crippen MR) is 68.0 cm³/mol. The van der Waals surface area contributed by atoms with Crippen molar-refractivity contribution in [3.05, 3.63) is 45.4 Å². The van der Waals surface area contributed by atoms with Gasteiger partial charge in [-0.25, -0.2) is 13.9 Å². The number of rotatable bonds is 4. The van der Waals surface area contributed by atoms with Gasteiger partial charge in [0.2, 0.25) is 5.88 Å². The van der Waals surface area contributed by atoms with Crippen LogP contribution in [0.2, 0.25) is 0 Å². The van der Waals surface area contributed by atoms with E-state index in [1.54, 1.807) is 14.0 Å². The number of halogens is 1. The second-order valence-corrected chi connectivity index (χ2v) is 4.21. The average Bonchev–Trinajstić information content (AvgIpc) is 2.69. The second-order valence-electron chi connectivity index (χ2n) is 4.21. The summed E-state index contributed by atoms with van der Waals surface area (Å²) in [7, 11) is 1.56. The molecule has 1 aromatic carbocycles. The molecule has 0 radical (unpaired) electrons. The van der Waals surface area contributed by atoms with Gasteiger partial charge in [0.15, 0.2) is 11.6 Å². The summed E-state index contributed by atoms with van der Waals surface area (Å²) in [5, 5.41) is 23.7. The molecule has 0 fully saturated rings. The topological polar surface area (TPSA) is 107 Å². The Morgan fingerprint density at radius 1 is 1.48 bits per heavy atom. The normalized spacial score (nSPS) is 10.4. The molecule has 2 aromatic rings. The van der Waals surface area contributed by atoms with E-state index in [-0.39, 0.29) is 5.88 Å². The minimum Gasteiger partial charge on any atom is -0.477 e. The summed E-state index contributed by atoms with van der Waals surface area (Å²) >= 11 is 0. The molecule has 1 heterocycles. The van der Waals surface area contributed by atoms with Crippen molar-refractivity contribution in [1.82, 2.24) is 9.78 Å². The Morgan fingerprint density at radius 2 is 2.14 bits per heavy atom. The van der Waals surface area contributed by atoms with Gasteiger partial charge in [0, 0.05) is 19.2 Å². The van der Waals surface area contributed by atoms with E-state index in [2.05, 4.69) is 5.10 Å². The van der Waals surface area contributed by atoms with Crippen LogP contribution < -0.4 is 4.74 Å². The molecule has 0 aliphatic heterocycles. The van der Waals surface area contributed by atoms with Crippen molar-refractivity contribution in [2.75, 3.05) is 0 Å². The summed E-state index contributed by atoms with van der Waals surface area (Å²) in [5.74, 6) is -2.84. The van der Waals surface area contributed by atoms with Gasteiger partial charge >= 0.3 is 5.97 Å². The molecule has 0 saturated carbocycles. The lowest BCUT2D eigenvalue weighted by atomic mass is 10.1. The van der Waals surface area contributed by atoms with Crippen LogP contribution in [-0.4, -0.2) is 25.8 Å². The molecule has 110 valence electrons. The standard InChI is InChI=1S/C12H10FN3O5/c1-6-3-11(15(2)14-6)21-10-4-7(12(17)18)9(16(19)20)5-8(10)13/h3-5H,1-2H3,(H,17,18). The van der Waals surface area contributed by atoms with Crippen LogP contribution in [0, 0.1) is 22.9 Å². The molecular formula is C12H10FN3O5. The lowest BCUT2D eigenvalue weighted by Gasteiger charge is -2.07. The van der Waals surface area contributed by atoms with Crippen molar-refractivity contribution in [3.8, 4) is 11.6 Å². The number of hydrogen-bond acceptors (Lipinski definition) is 5. The number of carboxylic acid groups (broad SMARTS) is 1. The van der Waals surface area contributed by atoms with Gasteiger partial charge in [0.05, 0.1) is 16.7 Å². The number of aromatic carboxylic acids is 1. The highest BCUT2D eigenvalue weighted by Crippen LogP contribution is 2.31. The van der Waals surface area contributed by atoms with E-state index in [0.717, 1.165) is 6.07 Å². The molecule has 0 atom stereocenters. The molecule has 0 spiro atoms. The van der Waals surface area contributed by atoms with E-state index in [0.29, 0.717) is 11.8 Å². The zero-order chi connectivity index (χ0) is 15.7. The van der Waals surface area contributed by atoms with Crippen LogP contribution in [0.4, 0.5) is 10.1 Å². The van der Waals surface area contributed by atoms with Crippen LogP contribution in [0.3, 0.4) is 0 Å². The maximum absolute atomic E-state index is 13.8. The van der Waals surface area contributed by atoms with Crippen LogP contribution in [0.5, 0.6) is 11.6 Å². The van der Waals surface area contributed by atoms with Crippen molar-refractivity contribution in [2.24, 2.45) is 7.05 Å². The van der Waals surface area contributed by atoms with Gasteiger partial charge in [-0.3, -0.25) is 10.1 Å². The lowest BCUT2D eigenvalue weighted by Crippen LogP contribution is -2.05. The number of aromatic nitrogens is 2. The number of nitro groups is 1. The number of benzene rings is 1. The third-order valence-corrected chi connectivity index (χ3v) is 2.65. The van der Waals surface area contributed by atoms with Crippen LogP contribution in [0.1, 0.15) is 16.1 Å². The molecule has 9 heteroatoms. The fourth-order valence-corrected chi connectivity index (χ4v) is 1.74. The molecule has 0 bridgehead atoms. The highest BCUT2D eigenvalue weighted by molar-refractivity contribution is 5.92. The Hall–Kier alpha value is -2.97. The zero-order valence-corrected chi connectivity index (χ0v) is 11.0. The molecule has 2 rings (SSSR count). The van der Waals surface area contributed by atoms with Crippen LogP contribution in [-0.2, 0) is 7.05 Å². The largest absolute Gasteiger partial charge is 0.477 e. The summed E-state index contributed by atoms with van der Waals surface area (Å²) in [4.78, 5) is 20.8. The summed E-state index contributed by atoms with van der Waals surface area (Å²) in [5.41, 5.74) is -0.878. The minimum atomic E-state index is -1.55. The first-order valence-electron chi connectivity index (χ1n) is 5.69. The maximum Gasteiger partial charge on any atom is 0.342 e. The number of aryl methyl sites for hydroxylation is 2.